The summed E-state index contributed by atoms with van der Waals surface area (Å²) >= 11 is 0. The molecular weight excluding hydrogens is 376 g/mol. The molecule has 2 saturated heterocycles. The van der Waals surface area contributed by atoms with Gasteiger partial charge in [0.05, 0.1) is 12.0 Å². The standard InChI is InChI=1S/C25H32N2O3/c1-15-6-5-10-24(2)12-20-21(22-25(15,24)30-22)18(23(28)29-20)14-26-11-9-16-13-27-19-8-4-3-7-17(16)19/h3-4,7-8,13,15,18,20-22,26-27H,5-6,9-12,14H2,1-2H3/t15-,18+,20+,21+,22-,24+,25+/m0/s1. The first-order valence-electron chi connectivity index (χ1n) is 11.7. The number of hydrogen-bond acceptors (Lipinski definition) is 4. The van der Waals surface area contributed by atoms with Crippen molar-refractivity contribution < 1.29 is 14.3 Å². The van der Waals surface area contributed by atoms with E-state index in [1.807, 2.05) is 0 Å². The van der Waals surface area contributed by atoms with Gasteiger partial charge >= 0.3 is 5.97 Å². The molecule has 1 aromatic carbocycles. The van der Waals surface area contributed by atoms with E-state index in [1.54, 1.807) is 0 Å². The fourth-order valence-electron chi connectivity index (χ4n) is 7.29. The van der Waals surface area contributed by atoms with Gasteiger partial charge in [-0.05, 0) is 49.8 Å². The zero-order valence-corrected chi connectivity index (χ0v) is 17.9. The van der Waals surface area contributed by atoms with Crippen molar-refractivity contribution in [2.24, 2.45) is 23.2 Å². The smallest absolute Gasteiger partial charge is 0.311 e. The molecule has 0 unspecified atom stereocenters. The predicted octanol–water partition coefficient (Wildman–Crippen LogP) is 3.83. The van der Waals surface area contributed by atoms with Crippen molar-refractivity contribution in [3.05, 3.63) is 36.0 Å². The van der Waals surface area contributed by atoms with Crippen LogP contribution in [0, 0.1) is 23.2 Å². The molecule has 30 heavy (non-hydrogen) atoms. The third-order valence-corrected chi connectivity index (χ3v) is 8.80. The number of para-hydroxylation sites is 1. The maximum atomic E-state index is 12.8. The number of hydrogen-bond donors (Lipinski definition) is 2. The second kappa shape index (κ2) is 6.57. The van der Waals surface area contributed by atoms with Gasteiger partial charge in [-0.1, -0.05) is 38.5 Å². The Labute approximate surface area is 177 Å². The fraction of sp³-hybridized carbons (Fsp3) is 0.640. The summed E-state index contributed by atoms with van der Waals surface area (Å²) in [7, 11) is 0. The van der Waals surface area contributed by atoms with E-state index in [-0.39, 0.29) is 41.0 Å². The Morgan fingerprint density at radius 2 is 2.17 bits per heavy atom. The van der Waals surface area contributed by atoms with Gasteiger partial charge in [0.1, 0.15) is 11.7 Å². The van der Waals surface area contributed by atoms with E-state index >= 15 is 0 Å². The molecule has 3 heterocycles. The van der Waals surface area contributed by atoms with Gasteiger partial charge in [-0.3, -0.25) is 4.79 Å². The van der Waals surface area contributed by atoms with Crippen LogP contribution in [0.1, 0.15) is 45.1 Å². The van der Waals surface area contributed by atoms with Crippen LogP contribution in [0.2, 0.25) is 0 Å². The van der Waals surface area contributed by atoms with E-state index < -0.39 is 0 Å². The van der Waals surface area contributed by atoms with Gasteiger partial charge in [-0.2, -0.15) is 0 Å². The zero-order chi connectivity index (χ0) is 20.5. The summed E-state index contributed by atoms with van der Waals surface area (Å²) in [5.41, 5.74) is 2.65. The normalized spacial score (nSPS) is 41.8. The van der Waals surface area contributed by atoms with Crippen molar-refractivity contribution in [2.45, 2.75) is 63.8 Å². The second-order valence-corrected chi connectivity index (χ2v) is 10.4. The number of epoxide rings is 1. The second-order valence-electron chi connectivity index (χ2n) is 10.4. The fourth-order valence-corrected chi connectivity index (χ4v) is 7.29. The number of fused-ring (bicyclic) bond motifs is 3. The highest BCUT2D eigenvalue weighted by Gasteiger charge is 2.78. The van der Waals surface area contributed by atoms with Crippen molar-refractivity contribution >= 4 is 16.9 Å². The molecule has 2 N–H and O–H groups in total. The average Bonchev–Trinajstić information content (AvgIpc) is 3.25. The van der Waals surface area contributed by atoms with E-state index in [0.29, 0.717) is 12.5 Å². The molecule has 4 aliphatic rings. The summed E-state index contributed by atoms with van der Waals surface area (Å²) in [6.45, 7) is 6.26. The molecule has 2 aromatic rings. The molecule has 0 radical (unpaired) electrons. The number of aromatic nitrogens is 1. The number of esters is 1. The van der Waals surface area contributed by atoms with E-state index in [1.165, 1.54) is 35.7 Å². The molecule has 4 fully saturated rings. The number of rotatable bonds is 5. The molecule has 7 atom stereocenters. The molecule has 0 bridgehead atoms. The molecular formula is C25H32N2O3. The highest BCUT2D eigenvalue weighted by molar-refractivity contribution is 5.83. The molecule has 2 aliphatic heterocycles. The molecule has 0 amide bonds. The monoisotopic (exact) mass is 408 g/mol. The maximum Gasteiger partial charge on any atom is 0.311 e. The number of carbonyl (C=O) groups is 1. The van der Waals surface area contributed by atoms with Crippen LogP contribution in [0.15, 0.2) is 30.5 Å². The minimum atomic E-state index is -0.0824. The summed E-state index contributed by atoms with van der Waals surface area (Å²) in [4.78, 5) is 16.1. The Kier molecular flexibility index (Phi) is 4.14. The molecule has 5 nitrogen and oxygen atoms in total. The number of aromatic amines is 1. The van der Waals surface area contributed by atoms with Crippen molar-refractivity contribution in [3.8, 4) is 0 Å². The molecule has 5 heteroatoms. The number of H-pyrrole nitrogens is 1. The topological polar surface area (TPSA) is 66.6 Å². The van der Waals surface area contributed by atoms with Gasteiger partial charge in [-0.25, -0.2) is 0 Å². The van der Waals surface area contributed by atoms with Crippen LogP contribution in [0.25, 0.3) is 10.9 Å². The van der Waals surface area contributed by atoms with E-state index in [0.717, 1.165) is 19.4 Å². The molecule has 2 aliphatic carbocycles. The van der Waals surface area contributed by atoms with Crippen LogP contribution in [-0.2, 0) is 20.7 Å². The summed E-state index contributed by atoms with van der Waals surface area (Å²) in [6.07, 6.45) is 7.94. The molecule has 1 aromatic heterocycles. The van der Waals surface area contributed by atoms with E-state index in [2.05, 4.69) is 54.6 Å². The van der Waals surface area contributed by atoms with Crippen molar-refractivity contribution in [3.63, 3.8) is 0 Å². The van der Waals surface area contributed by atoms with Crippen LogP contribution >= 0.6 is 0 Å². The van der Waals surface area contributed by atoms with Gasteiger partial charge in [0, 0.05) is 35.0 Å². The van der Waals surface area contributed by atoms with Gasteiger partial charge in [-0.15, -0.1) is 0 Å². The van der Waals surface area contributed by atoms with E-state index in [9.17, 15) is 4.79 Å². The first kappa shape index (κ1) is 18.9. The van der Waals surface area contributed by atoms with Crippen molar-refractivity contribution in [2.75, 3.05) is 13.1 Å². The number of benzene rings is 1. The summed E-state index contributed by atoms with van der Waals surface area (Å²) in [6, 6.07) is 8.40. The molecule has 160 valence electrons. The quantitative estimate of drug-likeness (QED) is 0.448. The van der Waals surface area contributed by atoms with Crippen molar-refractivity contribution in [1.82, 2.24) is 10.3 Å². The first-order chi connectivity index (χ1) is 14.5. The Hall–Kier alpha value is -1.85. The van der Waals surface area contributed by atoms with Gasteiger partial charge in [0.15, 0.2) is 0 Å². The first-order valence-corrected chi connectivity index (χ1v) is 11.7. The van der Waals surface area contributed by atoms with Crippen LogP contribution in [0.3, 0.4) is 0 Å². The largest absolute Gasteiger partial charge is 0.462 e. The van der Waals surface area contributed by atoms with Crippen LogP contribution in [0.5, 0.6) is 0 Å². The highest BCUT2D eigenvalue weighted by atomic mass is 16.6. The minimum Gasteiger partial charge on any atom is -0.462 e. The van der Waals surface area contributed by atoms with Gasteiger partial charge in [0.2, 0.25) is 0 Å². The van der Waals surface area contributed by atoms with Gasteiger partial charge in [0.25, 0.3) is 0 Å². The maximum absolute atomic E-state index is 12.8. The SMILES string of the molecule is C[C@H]1CCC[C@]2(C)C[C@H]3OC(=O)[C@H](CNCCc4c[nH]c5ccccc45)[C@H]3[C@@H]3O[C@]132. The lowest BCUT2D eigenvalue weighted by Crippen LogP contribution is -2.54. The highest BCUT2D eigenvalue weighted by Crippen LogP contribution is 2.70. The van der Waals surface area contributed by atoms with Crippen LogP contribution in [-0.4, -0.2) is 41.9 Å². The average molecular weight is 409 g/mol. The Bertz CT molecular complexity index is 986. The number of carbonyl (C=O) groups excluding carboxylic acids is 1. The summed E-state index contributed by atoms with van der Waals surface area (Å²) < 4.78 is 12.4. The predicted molar refractivity (Wildman–Crippen MR) is 115 cm³/mol. The Morgan fingerprint density at radius 1 is 1.30 bits per heavy atom. The van der Waals surface area contributed by atoms with Crippen molar-refractivity contribution in [1.29, 1.82) is 0 Å². The molecule has 2 saturated carbocycles. The van der Waals surface area contributed by atoms with E-state index in [4.69, 9.17) is 9.47 Å². The lowest BCUT2D eigenvalue weighted by molar-refractivity contribution is -0.146. The molecule has 6 rings (SSSR count). The minimum absolute atomic E-state index is 0.0112. The Balaban J connectivity index is 1.13. The summed E-state index contributed by atoms with van der Waals surface area (Å²) in [5.74, 6) is 0.686. The summed E-state index contributed by atoms with van der Waals surface area (Å²) in [5, 5.41) is 4.84. The lowest BCUT2D eigenvalue weighted by Gasteiger charge is -2.48. The van der Waals surface area contributed by atoms with Crippen LogP contribution < -0.4 is 5.32 Å². The number of ether oxygens (including phenoxy) is 2. The number of nitrogens with one attached hydrogen (secondary N) is 2. The third-order valence-electron chi connectivity index (χ3n) is 8.80. The Morgan fingerprint density at radius 3 is 3.07 bits per heavy atom. The van der Waals surface area contributed by atoms with Crippen LogP contribution in [0.4, 0.5) is 0 Å². The lowest BCUT2D eigenvalue weighted by atomic mass is 9.53. The van der Waals surface area contributed by atoms with Gasteiger partial charge < -0.3 is 19.8 Å². The zero-order valence-electron chi connectivity index (χ0n) is 17.9. The molecule has 1 spiro atoms. The third kappa shape index (κ3) is 2.51.